The SMILES string of the molecule is CC(C)NCC(O)CCC(C)(C)NCC1CC1. The molecule has 0 heterocycles. The van der Waals surface area contributed by atoms with Gasteiger partial charge in [0.15, 0.2) is 0 Å². The summed E-state index contributed by atoms with van der Waals surface area (Å²) in [5, 5.41) is 16.7. The van der Waals surface area contributed by atoms with E-state index in [-0.39, 0.29) is 11.6 Å². The maximum Gasteiger partial charge on any atom is 0.0665 e. The molecule has 0 bridgehead atoms. The van der Waals surface area contributed by atoms with E-state index in [9.17, 15) is 5.11 Å². The lowest BCUT2D eigenvalue weighted by molar-refractivity contribution is 0.144. The Kier molecular flexibility index (Phi) is 5.90. The smallest absolute Gasteiger partial charge is 0.0665 e. The minimum absolute atomic E-state index is 0.154. The summed E-state index contributed by atoms with van der Waals surface area (Å²) >= 11 is 0. The zero-order valence-corrected chi connectivity index (χ0v) is 11.9. The van der Waals surface area contributed by atoms with E-state index in [0.29, 0.717) is 12.6 Å². The van der Waals surface area contributed by atoms with Crippen molar-refractivity contribution in [2.24, 2.45) is 5.92 Å². The van der Waals surface area contributed by atoms with E-state index in [2.05, 4.69) is 38.3 Å². The van der Waals surface area contributed by atoms with E-state index >= 15 is 0 Å². The van der Waals surface area contributed by atoms with Crippen molar-refractivity contribution in [1.29, 1.82) is 0 Å². The fourth-order valence-electron chi connectivity index (χ4n) is 1.83. The largest absolute Gasteiger partial charge is 0.392 e. The molecule has 1 aliphatic carbocycles. The molecule has 3 N–H and O–H groups in total. The van der Waals surface area contributed by atoms with Crippen LogP contribution in [0.15, 0.2) is 0 Å². The second-order valence-electron chi connectivity index (χ2n) is 6.46. The Morgan fingerprint density at radius 2 is 1.94 bits per heavy atom. The highest BCUT2D eigenvalue weighted by molar-refractivity contribution is 4.84. The molecule has 1 atom stereocenters. The van der Waals surface area contributed by atoms with E-state index < -0.39 is 0 Å². The third-order valence-corrected chi connectivity index (χ3v) is 3.43. The highest BCUT2D eigenvalue weighted by atomic mass is 16.3. The van der Waals surface area contributed by atoms with Gasteiger partial charge in [0.05, 0.1) is 6.10 Å². The predicted molar refractivity (Wildman–Crippen MR) is 73.2 cm³/mol. The molecule has 1 rings (SSSR count). The Morgan fingerprint density at radius 3 is 2.47 bits per heavy atom. The van der Waals surface area contributed by atoms with Gasteiger partial charge in [-0.1, -0.05) is 13.8 Å². The molecular formula is C14H30N2O. The molecule has 1 unspecified atom stereocenters. The second-order valence-corrected chi connectivity index (χ2v) is 6.46. The summed E-state index contributed by atoms with van der Waals surface area (Å²) in [6, 6.07) is 0.450. The molecule has 0 aliphatic heterocycles. The molecule has 0 aromatic heterocycles. The van der Waals surface area contributed by atoms with Crippen molar-refractivity contribution in [3.63, 3.8) is 0 Å². The molecule has 1 aliphatic rings. The van der Waals surface area contributed by atoms with Crippen LogP contribution in [-0.4, -0.2) is 35.9 Å². The average molecular weight is 242 g/mol. The maximum absolute atomic E-state index is 9.86. The summed E-state index contributed by atoms with van der Waals surface area (Å²) in [5.41, 5.74) is 0.154. The lowest BCUT2D eigenvalue weighted by Crippen LogP contribution is -2.42. The molecule has 17 heavy (non-hydrogen) atoms. The van der Waals surface area contributed by atoms with Crippen LogP contribution in [-0.2, 0) is 0 Å². The molecule has 0 aromatic rings. The van der Waals surface area contributed by atoms with Crippen LogP contribution in [0.5, 0.6) is 0 Å². The van der Waals surface area contributed by atoms with E-state index in [1.54, 1.807) is 0 Å². The number of hydrogen-bond donors (Lipinski definition) is 3. The first-order valence-corrected chi connectivity index (χ1v) is 7.05. The van der Waals surface area contributed by atoms with Gasteiger partial charge in [-0.05, 0) is 52.0 Å². The van der Waals surface area contributed by atoms with Crippen LogP contribution < -0.4 is 10.6 Å². The summed E-state index contributed by atoms with van der Waals surface area (Å²) in [4.78, 5) is 0. The van der Waals surface area contributed by atoms with Gasteiger partial charge in [0.1, 0.15) is 0 Å². The Balaban J connectivity index is 2.08. The summed E-state index contributed by atoms with van der Waals surface area (Å²) < 4.78 is 0. The summed E-state index contributed by atoms with van der Waals surface area (Å²) in [7, 11) is 0. The van der Waals surface area contributed by atoms with E-state index in [0.717, 1.165) is 25.3 Å². The van der Waals surface area contributed by atoms with E-state index in [1.807, 2.05) is 0 Å². The third-order valence-electron chi connectivity index (χ3n) is 3.43. The zero-order valence-electron chi connectivity index (χ0n) is 11.9. The highest BCUT2D eigenvalue weighted by Crippen LogP contribution is 2.28. The highest BCUT2D eigenvalue weighted by Gasteiger charge is 2.25. The van der Waals surface area contributed by atoms with Crippen molar-refractivity contribution in [2.45, 2.75) is 71.1 Å². The quantitative estimate of drug-likeness (QED) is 0.579. The van der Waals surface area contributed by atoms with Gasteiger partial charge in [0.2, 0.25) is 0 Å². The summed E-state index contributed by atoms with van der Waals surface area (Å²) in [5.74, 6) is 0.918. The second kappa shape index (κ2) is 6.72. The molecular weight excluding hydrogens is 212 g/mol. The van der Waals surface area contributed by atoms with Crippen LogP contribution in [0.25, 0.3) is 0 Å². The first kappa shape index (κ1) is 14.9. The van der Waals surface area contributed by atoms with Crippen LogP contribution >= 0.6 is 0 Å². The van der Waals surface area contributed by atoms with Crippen LogP contribution in [0, 0.1) is 5.92 Å². The molecule has 0 aromatic carbocycles. The lowest BCUT2D eigenvalue weighted by Gasteiger charge is -2.28. The zero-order chi connectivity index (χ0) is 12.9. The molecule has 3 nitrogen and oxygen atoms in total. The van der Waals surface area contributed by atoms with Gasteiger partial charge in [0, 0.05) is 18.1 Å². The van der Waals surface area contributed by atoms with Crippen molar-refractivity contribution in [3.8, 4) is 0 Å². The topological polar surface area (TPSA) is 44.3 Å². The number of nitrogens with one attached hydrogen (secondary N) is 2. The summed E-state index contributed by atoms with van der Waals surface area (Å²) in [6.07, 6.45) is 4.46. The van der Waals surface area contributed by atoms with Crippen LogP contribution in [0.1, 0.15) is 53.4 Å². The molecule has 0 radical (unpaired) electrons. The van der Waals surface area contributed by atoms with Crippen LogP contribution in [0.3, 0.4) is 0 Å². The number of rotatable bonds is 9. The lowest BCUT2D eigenvalue weighted by atomic mass is 9.96. The minimum Gasteiger partial charge on any atom is -0.392 e. The average Bonchev–Trinajstić information content (AvgIpc) is 3.05. The van der Waals surface area contributed by atoms with Crippen molar-refractivity contribution in [1.82, 2.24) is 10.6 Å². The number of hydrogen-bond acceptors (Lipinski definition) is 3. The molecule has 0 saturated heterocycles. The van der Waals surface area contributed by atoms with Crippen LogP contribution in [0.4, 0.5) is 0 Å². The Labute approximate surface area is 106 Å². The Morgan fingerprint density at radius 1 is 1.29 bits per heavy atom. The standard InChI is InChI=1S/C14H30N2O/c1-11(2)15-10-13(17)7-8-14(3,4)16-9-12-5-6-12/h11-13,15-17H,5-10H2,1-4H3. The van der Waals surface area contributed by atoms with Crippen molar-refractivity contribution < 1.29 is 5.11 Å². The van der Waals surface area contributed by atoms with Crippen molar-refractivity contribution in [3.05, 3.63) is 0 Å². The van der Waals surface area contributed by atoms with Gasteiger partial charge >= 0.3 is 0 Å². The fourth-order valence-corrected chi connectivity index (χ4v) is 1.83. The van der Waals surface area contributed by atoms with Gasteiger partial charge in [-0.3, -0.25) is 0 Å². The van der Waals surface area contributed by atoms with Crippen molar-refractivity contribution in [2.75, 3.05) is 13.1 Å². The number of aliphatic hydroxyl groups is 1. The third kappa shape index (κ3) is 7.74. The predicted octanol–water partition coefficient (Wildman–Crippen LogP) is 1.90. The molecule has 0 amide bonds. The number of aliphatic hydroxyl groups excluding tert-OH is 1. The maximum atomic E-state index is 9.86. The van der Waals surface area contributed by atoms with Gasteiger partial charge in [0.25, 0.3) is 0 Å². The van der Waals surface area contributed by atoms with E-state index in [4.69, 9.17) is 0 Å². The molecule has 102 valence electrons. The molecule has 0 spiro atoms. The normalized spacial score (nSPS) is 18.7. The van der Waals surface area contributed by atoms with Gasteiger partial charge in [-0.2, -0.15) is 0 Å². The molecule has 1 saturated carbocycles. The Hall–Kier alpha value is -0.120. The summed E-state index contributed by atoms with van der Waals surface area (Å²) in [6.45, 7) is 10.5. The Bertz CT molecular complexity index is 212. The van der Waals surface area contributed by atoms with Gasteiger partial charge in [-0.15, -0.1) is 0 Å². The van der Waals surface area contributed by atoms with E-state index in [1.165, 1.54) is 12.8 Å². The first-order valence-electron chi connectivity index (χ1n) is 7.05. The van der Waals surface area contributed by atoms with Gasteiger partial charge in [-0.25, -0.2) is 0 Å². The monoisotopic (exact) mass is 242 g/mol. The van der Waals surface area contributed by atoms with Crippen LogP contribution in [0.2, 0.25) is 0 Å². The first-order chi connectivity index (χ1) is 7.89. The van der Waals surface area contributed by atoms with Gasteiger partial charge < -0.3 is 15.7 Å². The minimum atomic E-state index is -0.223. The molecule has 3 heteroatoms. The fraction of sp³-hybridized carbons (Fsp3) is 1.00. The van der Waals surface area contributed by atoms with Crippen molar-refractivity contribution >= 4 is 0 Å². The molecule has 1 fully saturated rings.